The summed E-state index contributed by atoms with van der Waals surface area (Å²) >= 11 is 5.83. The third kappa shape index (κ3) is 2.85. The maximum atomic E-state index is 13.1. The summed E-state index contributed by atoms with van der Waals surface area (Å²) in [7, 11) is 0. The van der Waals surface area contributed by atoms with Crippen LogP contribution in [-0.2, 0) is 0 Å². The van der Waals surface area contributed by atoms with Crippen LogP contribution in [0.2, 0.25) is 5.02 Å². The van der Waals surface area contributed by atoms with Crippen molar-refractivity contribution in [2.45, 2.75) is 32.4 Å². The molecule has 3 unspecified atom stereocenters. The number of benzene rings is 1. The molecule has 0 amide bonds. The lowest BCUT2D eigenvalue weighted by molar-refractivity contribution is 0.248. The van der Waals surface area contributed by atoms with Crippen molar-refractivity contribution in [1.82, 2.24) is 4.90 Å². The largest absolute Gasteiger partial charge is 0.328 e. The first-order chi connectivity index (χ1) is 8.49. The normalized spacial score (nSPS) is 24.2. The maximum Gasteiger partial charge on any atom is 0.141 e. The quantitative estimate of drug-likeness (QED) is 0.914. The zero-order valence-corrected chi connectivity index (χ0v) is 11.6. The number of hydrogen-bond donors (Lipinski definition) is 1. The van der Waals surface area contributed by atoms with Crippen molar-refractivity contribution in [2.75, 3.05) is 13.1 Å². The van der Waals surface area contributed by atoms with Gasteiger partial charge in [0.15, 0.2) is 0 Å². The van der Waals surface area contributed by atoms with E-state index in [0.717, 1.165) is 25.1 Å². The summed E-state index contributed by atoms with van der Waals surface area (Å²) in [6.07, 6.45) is 1.14. The van der Waals surface area contributed by atoms with Crippen LogP contribution in [0.25, 0.3) is 0 Å². The highest BCUT2D eigenvalue weighted by Gasteiger charge is 2.28. The highest BCUT2D eigenvalue weighted by Crippen LogP contribution is 2.30. The highest BCUT2D eigenvalue weighted by molar-refractivity contribution is 6.30. The fraction of sp³-hybridized carbons (Fsp3) is 0.571. The predicted molar refractivity (Wildman–Crippen MR) is 73.2 cm³/mol. The second-order valence-corrected chi connectivity index (χ2v) is 5.66. The highest BCUT2D eigenvalue weighted by atomic mass is 35.5. The minimum atomic E-state index is -0.359. The Kier molecular flexibility index (Phi) is 4.25. The summed E-state index contributed by atoms with van der Waals surface area (Å²) in [5, 5.41) is 0.197. The smallest absolute Gasteiger partial charge is 0.141 e. The second kappa shape index (κ2) is 5.55. The standard InChI is InChI=1S/C14H20ClFN2/c1-9(17)12-5-6-18(8-12)10(2)11-3-4-14(16)13(15)7-11/h3-4,7,9-10,12H,5-6,8,17H2,1-2H3. The van der Waals surface area contributed by atoms with Crippen LogP contribution in [0.4, 0.5) is 4.39 Å². The van der Waals surface area contributed by atoms with E-state index in [1.165, 1.54) is 6.07 Å². The lowest BCUT2D eigenvalue weighted by atomic mass is 10.0. The van der Waals surface area contributed by atoms with E-state index in [2.05, 4.69) is 18.7 Å². The Morgan fingerprint density at radius 1 is 1.44 bits per heavy atom. The van der Waals surface area contributed by atoms with Crippen LogP contribution in [0.1, 0.15) is 31.9 Å². The molecule has 1 aliphatic heterocycles. The molecule has 18 heavy (non-hydrogen) atoms. The van der Waals surface area contributed by atoms with Crippen molar-refractivity contribution in [2.24, 2.45) is 11.7 Å². The Morgan fingerprint density at radius 2 is 2.17 bits per heavy atom. The van der Waals surface area contributed by atoms with E-state index in [9.17, 15) is 4.39 Å². The molecule has 2 rings (SSSR count). The topological polar surface area (TPSA) is 29.3 Å². The van der Waals surface area contributed by atoms with Gasteiger partial charge in [0.2, 0.25) is 0 Å². The third-order valence-electron chi connectivity index (χ3n) is 3.97. The number of nitrogens with zero attached hydrogens (tertiary/aromatic N) is 1. The number of hydrogen-bond acceptors (Lipinski definition) is 2. The van der Waals surface area contributed by atoms with Crippen molar-refractivity contribution >= 4 is 11.6 Å². The van der Waals surface area contributed by atoms with E-state index in [4.69, 9.17) is 17.3 Å². The van der Waals surface area contributed by atoms with Gasteiger partial charge < -0.3 is 5.73 Å². The van der Waals surface area contributed by atoms with Gasteiger partial charge in [0, 0.05) is 18.6 Å². The van der Waals surface area contributed by atoms with Gasteiger partial charge >= 0.3 is 0 Å². The van der Waals surface area contributed by atoms with E-state index in [1.807, 2.05) is 6.07 Å². The molecule has 2 nitrogen and oxygen atoms in total. The van der Waals surface area contributed by atoms with Crippen LogP contribution in [-0.4, -0.2) is 24.0 Å². The fourth-order valence-electron chi connectivity index (χ4n) is 2.58. The Balaban J connectivity index is 2.07. The monoisotopic (exact) mass is 270 g/mol. The van der Waals surface area contributed by atoms with Gasteiger partial charge in [-0.1, -0.05) is 17.7 Å². The van der Waals surface area contributed by atoms with E-state index < -0.39 is 0 Å². The number of likely N-dealkylation sites (tertiary alicyclic amines) is 1. The SMILES string of the molecule is CC(N)C1CCN(C(C)c2ccc(F)c(Cl)c2)C1. The molecule has 1 fully saturated rings. The molecule has 0 saturated carbocycles. The van der Waals surface area contributed by atoms with E-state index in [0.29, 0.717) is 5.92 Å². The molecule has 100 valence electrons. The second-order valence-electron chi connectivity index (χ2n) is 5.25. The van der Waals surface area contributed by atoms with Gasteiger partial charge in [-0.3, -0.25) is 4.90 Å². The van der Waals surface area contributed by atoms with Crippen molar-refractivity contribution in [1.29, 1.82) is 0 Å². The first-order valence-corrected chi connectivity index (χ1v) is 6.81. The van der Waals surface area contributed by atoms with Gasteiger partial charge in [-0.05, 0) is 50.4 Å². The Bertz CT molecular complexity index is 422. The van der Waals surface area contributed by atoms with E-state index >= 15 is 0 Å². The molecule has 1 heterocycles. The van der Waals surface area contributed by atoms with Gasteiger partial charge in [-0.2, -0.15) is 0 Å². The molecular weight excluding hydrogens is 251 g/mol. The molecule has 0 aliphatic carbocycles. The molecule has 1 aliphatic rings. The maximum absolute atomic E-state index is 13.1. The van der Waals surface area contributed by atoms with Gasteiger partial charge in [-0.25, -0.2) is 4.39 Å². The number of nitrogens with two attached hydrogens (primary N) is 1. The number of halogens is 2. The van der Waals surface area contributed by atoms with Gasteiger partial charge in [0.25, 0.3) is 0 Å². The number of rotatable bonds is 3. The molecule has 0 radical (unpaired) electrons. The molecule has 2 N–H and O–H groups in total. The lowest BCUT2D eigenvalue weighted by Crippen LogP contribution is -2.31. The zero-order chi connectivity index (χ0) is 13.3. The van der Waals surface area contributed by atoms with Crippen molar-refractivity contribution in [3.8, 4) is 0 Å². The van der Waals surface area contributed by atoms with Crippen LogP contribution in [0.3, 0.4) is 0 Å². The van der Waals surface area contributed by atoms with Crippen LogP contribution < -0.4 is 5.73 Å². The van der Waals surface area contributed by atoms with Crippen molar-refractivity contribution in [3.63, 3.8) is 0 Å². The van der Waals surface area contributed by atoms with Crippen LogP contribution >= 0.6 is 11.6 Å². The average molecular weight is 271 g/mol. The van der Waals surface area contributed by atoms with Crippen molar-refractivity contribution < 1.29 is 4.39 Å². The molecular formula is C14H20ClFN2. The summed E-state index contributed by atoms with van der Waals surface area (Å²) in [5.41, 5.74) is 7.01. The zero-order valence-electron chi connectivity index (χ0n) is 10.9. The summed E-state index contributed by atoms with van der Waals surface area (Å²) in [5.74, 6) is 0.200. The molecule has 0 aromatic heterocycles. The molecule has 0 bridgehead atoms. The van der Waals surface area contributed by atoms with Crippen molar-refractivity contribution in [3.05, 3.63) is 34.6 Å². The fourth-order valence-corrected chi connectivity index (χ4v) is 2.77. The van der Waals surface area contributed by atoms with Crippen LogP contribution in [0, 0.1) is 11.7 Å². The molecule has 0 spiro atoms. The lowest BCUT2D eigenvalue weighted by Gasteiger charge is -2.25. The molecule has 3 atom stereocenters. The molecule has 1 aromatic carbocycles. The first kappa shape index (κ1) is 13.8. The molecule has 1 aromatic rings. The van der Waals surface area contributed by atoms with Gasteiger partial charge in [0.05, 0.1) is 5.02 Å². The summed E-state index contributed by atoms with van der Waals surface area (Å²) in [4.78, 5) is 2.39. The third-order valence-corrected chi connectivity index (χ3v) is 4.26. The van der Waals surface area contributed by atoms with E-state index in [-0.39, 0.29) is 22.9 Å². The molecule has 1 saturated heterocycles. The summed E-state index contributed by atoms with van der Waals surface area (Å²) in [6.45, 7) is 6.25. The molecule has 4 heteroatoms. The minimum Gasteiger partial charge on any atom is -0.328 e. The Hall–Kier alpha value is -0.640. The average Bonchev–Trinajstić information content (AvgIpc) is 2.81. The van der Waals surface area contributed by atoms with E-state index in [1.54, 1.807) is 6.07 Å². The Labute approximate surface area is 113 Å². The van der Waals surface area contributed by atoms with Crippen LogP contribution in [0.15, 0.2) is 18.2 Å². The van der Waals surface area contributed by atoms with Crippen LogP contribution in [0.5, 0.6) is 0 Å². The Morgan fingerprint density at radius 3 is 2.72 bits per heavy atom. The predicted octanol–water partition coefficient (Wildman–Crippen LogP) is 3.21. The van der Waals surface area contributed by atoms with Gasteiger partial charge in [0.1, 0.15) is 5.82 Å². The first-order valence-electron chi connectivity index (χ1n) is 6.43. The van der Waals surface area contributed by atoms with Gasteiger partial charge in [-0.15, -0.1) is 0 Å². The minimum absolute atomic E-state index is 0.197. The summed E-state index contributed by atoms with van der Waals surface area (Å²) in [6, 6.07) is 5.46. The summed E-state index contributed by atoms with van der Waals surface area (Å²) < 4.78 is 13.1.